The second-order valence-corrected chi connectivity index (χ2v) is 6.82. The predicted octanol–water partition coefficient (Wildman–Crippen LogP) is 4.05. The zero-order valence-electron chi connectivity index (χ0n) is 12.2. The third-order valence-electron chi connectivity index (χ3n) is 3.86. The van der Waals surface area contributed by atoms with Gasteiger partial charge in [-0.1, -0.05) is 51.1 Å². The number of ketones is 2. The normalized spacial score (nSPS) is 13.9. The Morgan fingerprint density at radius 2 is 1.33 bits per heavy atom. The largest absolute Gasteiger partial charge is 0.289 e. The number of hydrogen-bond acceptors (Lipinski definition) is 3. The lowest BCUT2D eigenvalue weighted by atomic mass is 9.75. The van der Waals surface area contributed by atoms with Crippen molar-refractivity contribution in [2.45, 2.75) is 31.1 Å². The van der Waals surface area contributed by atoms with Crippen LogP contribution in [0.2, 0.25) is 0 Å². The Morgan fingerprint density at radius 3 is 1.95 bits per heavy atom. The maximum absolute atomic E-state index is 12.9. The lowest BCUT2D eigenvalue weighted by Crippen LogP contribution is -2.26. The van der Waals surface area contributed by atoms with Crippen LogP contribution in [0.15, 0.2) is 41.3 Å². The molecule has 0 spiro atoms. The number of rotatable bonds is 0. The lowest BCUT2D eigenvalue weighted by Gasteiger charge is -2.27. The summed E-state index contributed by atoms with van der Waals surface area (Å²) in [5.41, 5.74) is 2.62. The molecule has 0 saturated carbocycles. The number of thiol groups is 1. The summed E-state index contributed by atoms with van der Waals surface area (Å²) in [5, 5.41) is 0. The standard InChI is InChI=1S/C18H16O2S/c1-18(2,3)12-8-4-6-10-14(12)16(19)11-7-5-9-13(21)15(11)17(10)20/h4-9,21H,1-3H3. The molecule has 1 aliphatic rings. The summed E-state index contributed by atoms with van der Waals surface area (Å²) in [6.45, 7) is 6.14. The van der Waals surface area contributed by atoms with Gasteiger partial charge >= 0.3 is 0 Å². The first kappa shape index (κ1) is 14.1. The summed E-state index contributed by atoms with van der Waals surface area (Å²) in [4.78, 5) is 26.2. The van der Waals surface area contributed by atoms with Crippen LogP contribution in [0, 0.1) is 0 Å². The minimum Gasteiger partial charge on any atom is -0.289 e. The van der Waals surface area contributed by atoms with Gasteiger partial charge in [0.05, 0.1) is 0 Å². The topological polar surface area (TPSA) is 34.1 Å². The van der Waals surface area contributed by atoms with Crippen LogP contribution in [0.1, 0.15) is 58.2 Å². The molecule has 0 heterocycles. The first-order valence-electron chi connectivity index (χ1n) is 6.87. The predicted molar refractivity (Wildman–Crippen MR) is 85.7 cm³/mol. The van der Waals surface area contributed by atoms with Gasteiger partial charge in [0.2, 0.25) is 0 Å². The van der Waals surface area contributed by atoms with E-state index in [0.29, 0.717) is 27.1 Å². The molecular formula is C18H16O2S. The van der Waals surface area contributed by atoms with Crippen LogP contribution < -0.4 is 0 Å². The average molecular weight is 296 g/mol. The third kappa shape index (κ3) is 2.04. The maximum atomic E-state index is 12.9. The van der Waals surface area contributed by atoms with E-state index in [1.807, 2.05) is 32.9 Å². The van der Waals surface area contributed by atoms with Gasteiger partial charge in [-0.05, 0) is 17.0 Å². The molecule has 2 aromatic carbocycles. The van der Waals surface area contributed by atoms with Gasteiger partial charge < -0.3 is 0 Å². The number of carbonyl (C=O) groups is 2. The van der Waals surface area contributed by atoms with E-state index in [-0.39, 0.29) is 17.0 Å². The van der Waals surface area contributed by atoms with Gasteiger partial charge in [-0.3, -0.25) is 9.59 Å². The molecule has 0 radical (unpaired) electrons. The molecule has 0 bridgehead atoms. The van der Waals surface area contributed by atoms with Crippen LogP contribution in [0.5, 0.6) is 0 Å². The molecule has 3 rings (SSSR count). The van der Waals surface area contributed by atoms with Crippen LogP contribution >= 0.6 is 12.6 Å². The van der Waals surface area contributed by atoms with Crippen LogP contribution in [0.4, 0.5) is 0 Å². The number of fused-ring (bicyclic) bond motifs is 2. The highest BCUT2D eigenvalue weighted by Crippen LogP contribution is 2.36. The average Bonchev–Trinajstić information content (AvgIpc) is 2.43. The molecule has 0 fully saturated rings. The van der Waals surface area contributed by atoms with E-state index in [1.165, 1.54) is 0 Å². The summed E-state index contributed by atoms with van der Waals surface area (Å²) >= 11 is 4.34. The second kappa shape index (κ2) is 4.57. The molecule has 0 N–H and O–H groups in total. The van der Waals surface area contributed by atoms with Gasteiger partial charge in [-0.25, -0.2) is 0 Å². The lowest BCUT2D eigenvalue weighted by molar-refractivity contribution is 0.0975. The number of benzene rings is 2. The SMILES string of the molecule is CC(C)(C)c1cccc2c1C(=O)c1cccc(S)c1C2=O. The Labute approximate surface area is 129 Å². The van der Waals surface area contributed by atoms with Gasteiger partial charge in [0.25, 0.3) is 0 Å². The zero-order valence-corrected chi connectivity index (χ0v) is 13.1. The fraction of sp³-hybridized carbons (Fsp3) is 0.222. The van der Waals surface area contributed by atoms with Crippen LogP contribution in [0.25, 0.3) is 0 Å². The van der Waals surface area contributed by atoms with Crippen LogP contribution in [-0.4, -0.2) is 11.6 Å². The maximum Gasteiger partial charge on any atom is 0.195 e. The highest BCUT2D eigenvalue weighted by molar-refractivity contribution is 7.80. The first-order valence-corrected chi connectivity index (χ1v) is 7.32. The minimum atomic E-state index is -0.197. The molecule has 21 heavy (non-hydrogen) atoms. The van der Waals surface area contributed by atoms with Gasteiger partial charge in [-0.2, -0.15) is 0 Å². The zero-order chi connectivity index (χ0) is 15.4. The molecule has 1 aliphatic carbocycles. The molecule has 2 aromatic rings. The van der Waals surface area contributed by atoms with E-state index in [0.717, 1.165) is 5.56 Å². The molecule has 0 amide bonds. The van der Waals surface area contributed by atoms with Crippen molar-refractivity contribution in [2.75, 3.05) is 0 Å². The van der Waals surface area contributed by atoms with E-state index in [9.17, 15) is 9.59 Å². The van der Waals surface area contributed by atoms with Gasteiger partial charge in [0.15, 0.2) is 11.6 Å². The molecular weight excluding hydrogens is 280 g/mol. The van der Waals surface area contributed by atoms with Gasteiger partial charge in [0.1, 0.15) is 0 Å². The summed E-state index contributed by atoms with van der Waals surface area (Å²) in [5.74, 6) is -0.197. The highest BCUT2D eigenvalue weighted by Gasteiger charge is 2.34. The molecule has 106 valence electrons. The van der Waals surface area contributed by atoms with E-state index in [2.05, 4.69) is 12.6 Å². The summed E-state index contributed by atoms with van der Waals surface area (Å²) < 4.78 is 0. The van der Waals surface area contributed by atoms with Crippen molar-refractivity contribution in [3.8, 4) is 0 Å². The van der Waals surface area contributed by atoms with Crippen molar-refractivity contribution in [1.29, 1.82) is 0 Å². The second-order valence-electron chi connectivity index (χ2n) is 6.34. The van der Waals surface area contributed by atoms with Gasteiger partial charge in [-0.15, -0.1) is 12.6 Å². The minimum absolute atomic E-state index is 0.0824. The fourth-order valence-electron chi connectivity index (χ4n) is 2.85. The van der Waals surface area contributed by atoms with Crippen LogP contribution in [-0.2, 0) is 5.41 Å². The van der Waals surface area contributed by atoms with Crippen molar-refractivity contribution in [2.24, 2.45) is 0 Å². The summed E-state index contributed by atoms with van der Waals surface area (Å²) in [6, 6.07) is 10.7. The van der Waals surface area contributed by atoms with Crippen molar-refractivity contribution in [3.63, 3.8) is 0 Å². The fourth-order valence-corrected chi connectivity index (χ4v) is 3.16. The Hall–Kier alpha value is -1.87. The Kier molecular flexibility index (Phi) is 3.06. The van der Waals surface area contributed by atoms with Crippen molar-refractivity contribution in [1.82, 2.24) is 0 Å². The monoisotopic (exact) mass is 296 g/mol. The Morgan fingerprint density at radius 1 is 0.810 bits per heavy atom. The molecule has 3 heteroatoms. The molecule has 0 aromatic heterocycles. The third-order valence-corrected chi connectivity index (χ3v) is 4.23. The molecule has 0 unspecified atom stereocenters. The highest BCUT2D eigenvalue weighted by atomic mass is 32.1. The van der Waals surface area contributed by atoms with E-state index < -0.39 is 0 Å². The van der Waals surface area contributed by atoms with E-state index in [1.54, 1.807) is 24.3 Å². The van der Waals surface area contributed by atoms with Gasteiger partial charge in [0, 0.05) is 27.1 Å². The molecule has 2 nitrogen and oxygen atoms in total. The molecule has 0 aliphatic heterocycles. The summed E-state index contributed by atoms with van der Waals surface area (Å²) in [6.07, 6.45) is 0. The first-order chi connectivity index (χ1) is 9.82. The smallest absolute Gasteiger partial charge is 0.195 e. The van der Waals surface area contributed by atoms with E-state index >= 15 is 0 Å². The van der Waals surface area contributed by atoms with Crippen molar-refractivity contribution < 1.29 is 9.59 Å². The Balaban J connectivity index is 2.36. The van der Waals surface area contributed by atoms with E-state index in [4.69, 9.17) is 0 Å². The van der Waals surface area contributed by atoms with Crippen molar-refractivity contribution >= 4 is 24.2 Å². The Bertz CT molecular complexity index is 782. The summed E-state index contributed by atoms with van der Waals surface area (Å²) in [7, 11) is 0. The quantitative estimate of drug-likeness (QED) is 0.635. The number of carbonyl (C=O) groups excluding carboxylic acids is 2. The van der Waals surface area contributed by atoms with Crippen LogP contribution in [0.3, 0.4) is 0 Å². The molecule has 0 saturated heterocycles. The number of hydrogen-bond donors (Lipinski definition) is 1. The molecule has 0 atom stereocenters. The van der Waals surface area contributed by atoms with Crippen molar-refractivity contribution in [3.05, 3.63) is 64.2 Å².